The van der Waals surface area contributed by atoms with Crippen LogP contribution in [0.4, 0.5) is 0 Å². The fourth-order valence-electron chi connectivity index (χ4n) is 0.844. The first-order valence-electron chi connectivity index (χ1n) is 4.78. The minimum atomic E-state index is -0.611. The Morgan fingerprint density at radius 1 is 1.36 bits per heavy atom. The largest absolute Gasteiger partial charge is 0.394 e. The molecule has 0 saturated carbocycles. The first-order valence-corrected chi connectivity index (χ1v) is 4.78. The molecule has 1 atom stereocenters. The van der Waals surface area contributed by atoms with Gasteiger partial charge in [0.2, 0.25) is 5.91 Å². The molecule has 0 aliphatic carbocycles. The first-order chi connectivity index (χ1) is 6.10. The first kappa shape index (κ1) is 13.4. The van der Waals surface area contributed by atoms with Crippen molar-refractivity contribution in [3.8, 4) is 0 Å². The number of hydrogen-bond acceptors (Lipinski definition) is 3. The molecule has 0 aliphatic rings. The average Bonchev–Trinajstić information content (AvgIpc) is 2.00. The van der Waals surface area contributed by atoms with Crippen LogP contribution in [0.5, 0.6) is 0 Å². The Morgan fingerprint density at radius 3 is 2.07 bits per heavy atom. The van der Waals surface area contributed by atoms with E-state index < -0.39 is 11.6 Å². The fraction of sp³-hybridized carbons (Fsp3) is 0.900. The molecule has 0 radical (unpaired) electrons. The van der Waals surface area contributed by atoms with E-state index in [2.05, 4.69) is 5.32 Å². The average molecular weight is 202 g/mol. The molecule has 4 nitrogen and oxygen atoms in total. The number of nitrogens with one attached hydrogen (secondary N) is 1. The number of hydrogen-bond donors (Lipinski definition) is 3. The zero-order chi connectivity index (χ0) is 11.6. The van der Waals surface area contributed by atoms with Crippen molar-refractivity contribution >= 4 is 5.91 Å². The summed E-state index contributed by atoms with van der Waals surface area (Å²) in [7, 11) is 0. The zero-order valence-electron chi connectivity index (χ0n) is 9.72. The van der Waals surface area contributed by atoms with Crippen LogP contribution >= 0.6 is 0 Å². The predicted octanol–water partition coefficient (Wildman–Crippen LogP) is 0.247. The van der Waals surface area contributed by atoms with Crippen molar-refractivity contribution < 1.29 is 9.90 Å². The predicted molar refractivity (Wildman–Crippen MR) is 56.7 cm³/mol. The van der Waals surface area contributed by atoms with Gasteiger partial charge in [0.05, 0.1) is 18.2 Å². The monoisotopic (exact) mass is 202 g/mol. The Balaban J connectivity index is 4.37. The van der Waals surface area contributed by atoms with E-state index >= 15 is 0 Å². The molecular weight excluding hydrogens is 180 g/mol. The molecular formula is C10H22N2O2. The van der Waals surface area contributed by atoms with E-state index in [0.717, 1.165) is 0 Å². The lowest BCUT2D eigenvalue weighted by atomic mass is 9.86. The second-order valence-corrected chi connectivity index (χ2v) is 5.37. The summed E-state index contributed by atoms with van der Waals surface area (Å²) in [4.78, 5) is 11.6. The summed E-state index contributed by atoms with van der Waals surface area (Å²) in [6.07, 6.45) is 0. The van der Waals surface area contributed by atoms with Crippen molar-refractivity contribution in [1.82, 2.24) is 5.32 Å². The molecule has 0 fully saturated rings. The minimum absolute atomic E-state index is 0.102. The van der Waals surface area contributed by atoms with Gasteiger partial charge >= 0.3 is 0 Å². The SMILES string of the molecule is CC(C)(CO)NC(=O)[C@@H](N)C(C)(C)C. The zero-order valence-corrected chi connectivity index (χ0v) is 9.72. The van der Waals surface area contributed by atoms with Gasteiger partial charge < -0.3 is 16.2 Å². The third-order valence-electron chi connectivity index (χ3n) is 2.07. The third-order valence-corrected chi connectivity index (χ3v) is 2.07. The molecule has 0 heterocycles. The minimum Gasteiger partial charge on any atom is -0.394 e. The summed E-state index contributed by atoms with van der Waals surface area (Å²) in [6, 6.07) is -0.562. The highest BCUT2D eigenvalue weighted by atomic mass is 16.3. The molecule has 0 aromatic rings. The number of rotatable bonds is 3. The van der Waals surface area contributed by atoms with Gasteiger partial charge in [-0.1, -0.05) is 20.8 Å². The quantitative estimate of drug-likeness (QED) is 0.614. The lowest BCUT2D eigenvalue weighted by Gasteiger charge is -2.30. The summed E-state index contributed by atoms with van der Waals surface area (Å²) >= 11 is 0. The molecule has 4 N–H and O–H groups in total. The van der Waals surface area contributed by atoms with E-state index in [1.165, 1.54) is 0 Å². The Kier molecular flexibility index (Phi) is 4.09. The van der Waals surface area contributed by atoms with Crippen molar-refractivity contribution in [3.05, 3.63) is 0 Å². The third kappa shape index (κ3) is 4.07. The Hall–Kier alpha value is -0.610. The number of carbonyl (C=O) groups excluding carboxylic acids is 1. The fourth-order valence-corrected chi connectivity index (χ4v) is 0.844. The van der Waals surface area contributed by atoms with Gasteiger partial charge in [0.15, 0.2) is 0 Å². The molecule has 0 unspecified atom stereocenters. The van der Waals surface area contributed by atoms with Crippen LogP contribution in [-0.2, 0) is 4.79 Å². The van der Waals surface area contributed by atoms with Gasteiger partial charge in [-0.25, -0.2) is 0 Å². The number of aliphatic hydroxyl groups is 1. The van der Waals surface area contributed by atoms with Gasteiger partial charge in [-0.05, 0) is 19.3 Å². The molecule has 84 valence electrons. The number of carbonyl (C=O) groups is 1. The van der Waals surface area contributed by atoms with E-state index in [-0.39, 0.29) is 17.9 Å². The second kappa shape index (κ2) is 4.28. The highest BCUT2D eigenvalue weighted by Crippen LogP contribution is 2.17. The van der Waals surface area contributed by atoms with Crippen LogP contribution in [0.3, 0.4) is 0 Å². The Labute approximate surface area is 85.9 Å². The molecule has 0 spiro atoms. The van der Waals surface area contributed by atoms with Crippen LogP contribution in [0.2, 0.25) is 0 Å². The maximum atomic E-state index is 11.6. The highest BCUT2D eigenvalue weighted by Gasteiger charge is 2.30. The van der Waals surface area contributed by atoms with Gasteiger partial charge in [-0.2, -0.15) is 0 Å². The maximum absolute atomic E-state index is 11.6. The maximum Gasteiger partial charge on any atom is 0.237 e. The van der Waals surface area contributed by atoms with Gasteiger partial charge in [-0.3, -0.25) is 4.79 Å². The lowest BCUT2D eigenvalue weighted by molar-refractivity contribution is -0.126. The molecule has 0 aliphatic heterocycles. The van der Waals surface area contributed by atoms with Crippen LogP contribution in [-0.4, -0.2) is 29.2 Å². The standard InChI is InChI=1S/C10H22N2O2/c1-9(2,3)7(11)8(14)12-10(4,5)6-13/h7,13H,6,11H2,1-5H3,(H,12,14)/t7-/m1/s1. The van der Waals surface area contributed by atoms with Crippen molar-refractivity contribution in [2.45, 2.75) is 46.2 Å². The van der Waals surface area contributed by atoms with Crippen molar-refractivity contribution in [1.29, 1.82) is 0 Å². The lowest BCUT2D eigenvalue weighted by Crippen LogP contribution is -2.55. The van der Waals surface area contributed by atoms with Gasteiger partial charge in [-0.15, -0.1) is 0 Å². The summed E-state index contributed by atoms with van der Waals surface area (Å²) in [6.45, 7) is 9.12. The van der Waals surface area contributed by atoms with Crippen LogP contribution in [0.25, 0.3) is 0 Å². The number of amides is 1. The molecule has 14 heavy (non-hydrogen) atoms. The summed E-state index contributed by atoms with van der Waals surface area (Å²) in [5.41, 5.74) is 4.88. The second-order valence-electron chi connectivity index (χ2n) is 5.37. The van der Waals surface area contributed by atoms with E-state index in [9.17, 15) is 4.79 Å². The summed E-state index contributed by atoms with van der Waals surface area (Å²) in [5.74, 6) is -0.225. The van der Waals surface area contributed by atoms with Gasteiger partial charge in [0, 0.05) is 0 Å². The van der Waals surface area contributed by atoms with E-state index in [1.54, 1.807) is 13.8 Å². The molecule has 0 bridgehead atoms. The summed E-state index contributed by atoms with van der Waals surface area (Å²) < 4.78 is 0. The van der Waals surface area contributed by atoms with E-state index in [4.69, 9.17) is 10.8 Å². The van der Waals surface area contributed by atoms with Crippen LogP contribution < -0.4 is 11.1 Å². The van der Waals surface area contributed by atoms with Crippen LogP contribution in [0.1, 0.15) is 34.6 Å². The molecule has 4 heteroatoms. The van der Waals surface area contributed by atoms with Gasteiger partial charge in [0.25, 0.3) is 0 Å². The topological polar surface area (TPSA) is 75.3 Å². The number of nitrogens with two attached hydrogens (primary N) is 1. The van der Waals surface area contributed by atoms with Crippen molar-refractivity contribution in [2.75, 3.05) is 6.61 Å². The van der Waals surface area contributed by atoms with Gasteiger partial charge in [0.1, 0.15) is 0 Å². The molecule has 0 aromatic carbocycles. The van der Waals surface area contributed by atoms with Crippen LogP contribution in [0, 0.1) is 5.41 Å². The molecule has 0 aromatic heterocycles. The molecule has 0 rings (SSSR count). The smallest absolute Gasteiger partial charge is 0.237 e. The van der Waals surface area contributed by atoms with E-state index in [0.29, 0.717) is 0 Å². The number of aliphatic hydroxyl groups excluding tert-OH is 1. The Morgan fingerprint density at radius 2 is 1.79 bits per heavy atom. The Bertz CT molecular complexity index is 207. The highest BCUT2D eigenvalue weighted by molar-refractivity contribution is 5.82. The molecule has 1 amide bonds. The molecule has 0 saturated heterocycles. The normalized spacial score (nSPS) is 15.1. The van der Waals surface area contributed by atoms with Crippen molar-refractivity contribution in [2.24, 2.45) is 11.1 Å². The van der Waals surface area contributed by atoms with Crippen molar-refractivity contribution in [3.63, 3.8) is 0 Å². The van der Waals surface area contributed by atoms with E-state index in [1.807, 2.05) is 20.8 Å². The van der Waals surface area contributed by atoms with Crippen LogP contribution in [0.15, 0.2) is 0 Å². The summed E-state index contributed by atoms with van der Waals surface area (Å²) in [5, 5.41) is 11.7.